The Labute approximate surface area is 171 Å². The average Bonchev–Trinajstić information content (AvgIpc) is 2.97. The zero-order valence-corrected chi connectivity index (χ0v) is 20.0. The summed E-state index contributed by atoms with van der Waals surface area (Å²) in [6, 6.07) is 6.18. The fourth-order valence-corrected chi connectivity index (χ4v) is 4.87. The van der Waals surface area contributed by atoms with E-state index in [4.69, 9.17) is 4.43 Å². The summed E-state index contributed by atoms with van der Waals surface area (Å²) in [6.07, 6.45) is 2.72. The van der Waals surface area contributed by atoms with E-state index >= 15 is 0 Å². The van der Waals surface area contributed by atoms with E-state index in [1.54, 1.807) is 17.5 Å². The van der Waals surface area contributed by atoms with Crippen LogP contribution in [0.4, 0.5) is 0 Å². The van der Waals surface area contributed by atoms with Crippen LogP contribution in [0, 0.1) is 6.92 Å². The Morgan fingerprint density at radius 1 is 1.31 bits per heavy atom. The second-order valence-electron chi connectivity index (χ2n) is 8.30. The summed E-state index contributed by atoms with van der Waals surface area (Å²) in [5.74, 6) is 0. The van der Waals surface area contributed by atoms with Crippen LogP contribution in [0.2, 0.25) is 18.1 Å². The van der Waals surface area contributed by atoms with Gasteiger partial charge in [-0.25, -0.2) is 0 Å². The molecule has 2 aromatic heterocycles. The van der Waals surface area contributed by atoms with Crippen molar-refractivity contribution in [3.63, 3.8) is 0 Å². The highest BCUT2D eigenvalue weighted by Crippen LogP contribution is 2.36. The van der Waals surface area contributed by atoms with E-state index in [-0.39, 0.29) is 5.04 Å². The molecular weight excluding hydrogens is 426 g/mol. The van der Waals surface area contributed by atoms with Crippen molar-refractivity contribution < 1.29 is 9.53 Å². The first-order chi connectivity index (χ1) is 12.0. The second-order valence-corrected chi connectivity index (χ2v) is 15.2. The monoisotopic (exact) mass is 455 g/mol. The lowest BCUT2D eigenvalue weighted by molar-refractivity contribution is 0.181. The van der Waals surface area contributed by atoms with Crippen LogP contribution in [0.5, 0.6) is 0 Å². The molecule has 0 saturated heterocycles. The van der Waals surface area contributed by atoms with Gasteiger partial charge < -0.3 is 9.53 Å². The molecule has 0 aliphatic carbocycles. The van der Waals surface area contributed by atoms with Crippen molar-refractivity contribution in [2.24, 2.45) is 0 Å². The lowest BCUT2D eigenvalue weighted by atomic mass is 10.1. The highest BCUT2D eigenvalue weighted by atomic mass is 79.9. The van der Waals surface area contributed by atoms with Crippen LogP contribution in [0.1, 0.15) is 47.9 Å². The minimum Gasteiger partial charge on any atom is -0.416 e. The molecule has 0 spiro atoms. The Bertz CT molecular complexity index is 740. The zero-order chi connectivity index (χ0) is 19.5. The van der Waals surface area contributed by atoms with Crippen LogP contribution in [0.3, 0.4) is 0 Å². The Morgan fingerprint density at radius 2 is 2.00 bits per heavy atom. The molecule has 1 unspecified atom stereocenters. The summed E-state index contributed by atoms with van der Waals surface area (Å²) in [5, 5.41) is 10.8. The van der Waals surface area contributed by atoms with Gasteiger partial charge in [0.2, 0.25) is 0 Å². The van der Waals surface area contributed by atoms with Gasteiger partial charge in [0, 0.05) is 45.6 Å². The van der Waals surface area contributed by atoms with Crippen LogP contribution in [0.15, 0.2) is 28.9 Å². The minimum atomic E-state index is -1.69. The van der Waals surface area contributed by atoms with E-state index in [0.717, 1.165) is 33.6 Å². The van der Waals surface area contributed by atoms with Crippen LogP contribution in [0.25, 0.3) is 0 Å². The number of aryl methyl sites for hydroxylation is 1. The maximum Gasteiger partial charge on any atom is 0.191 e. The van der Waals surface area contributed by atoms with Gasteiger partial charge in [-0.3, -0.25) is 4.98 Å². The number of aliphatic hydroxyl groups excluding tert-OH is 1. The summed E-state index contributed by atoms with van der Waals surface area (Å²) in [4.78, 5) is 6.69. The molecule has 0 aliphatic rings. The normalized spacial score (nSPS) is 13.8. The van der Waals surface area contributed by atoms with Crippen molar-refractivity contribution in [1.82, 2.24) is 4.98 Å². The van der Waals surface area contributed by atoms with E-state index in [2.05, 4.69) is 60.8 Å². The predicted molar refractivity (Wildman–Crippen MR) is 117 cm³/mol. The minimum absolute atomic E-state index is 0.235. The van der Waals surface area contributed by atoms with Gasteiger partial charge in [-0.05, 0) is 64.7 Å². The molecule has 1 N–H and O–H groups in total. The Kier molecular flexibility index (Phi) is 7.24. The Balaban J connectivity index is 1.92. The molecule has 144 valence electrons. The van der Waals surface area contributed by atoms with Gasteiger partial charge in [0.25, 0.3) is 0 Å². The van der Waals surface area contributed by atoms with Crippen molar-refractivity contribution in [2.45, 2.75) is 64.8 Å². The second kappa shape index (κ2) is 8.65. The fraction of sp³-hybridized carbons (Fsp3) is 0.550. The van der Waals surface area contributed by atoms with Crippen LogP contribution in [-0.4, -0.2) is 25.0 Å². The molecule has 2 rings (SSSR count). The van der Waals surface area contributed by atoms with E-state index < -0.39 is 14.4 Å². The molecule has 0 aliphatic heterocycles. The summed E-state index contributed by atoms with van der Waals surface area (Å²) < 4.78 is 7.22. The van der Waals surface area contributed by atoms with Gasteiger partial charge in [0.1, 0.15) is 0 Å². The number of halogens is 1. The number of pyridine rings is 1. The van der Waals surface area contributed by atoms with Crippen molar-refractivity contribution in [3.8, 4) is 0 Å². The van der Waals surface area contributed by atoms with Gasteiger partial charge >= 0.3 is 0 Å². The number of thiophene rings is 1. The number of hydrogen-bond donors (Lipinski definition) is 1. The van der Waals surface area contributed by atoms with Gasteiger partial charge in [0.15, 0.2) is 8.32 Å². The predicted octanol–water partition coefficient (Wildman–Crippen LogP) is 6.05. The maximum absolute atomic E-state index is 10.6. The molecule has 0 bridgehead atoms. The summed E-state index contributed by atoms with van der Waals surface area (Å²) in [7, 11) is -1.69. The highest BCUT2D eigenvalue weighted by molar-refractivity contribution is 9.10. The lowest BCUT2D eigenvalue weighted by Crippen LogP contribution is -2.41. The molecule has 0 saturated carbocycles. The van der Waals surface area contributed by atoms with Gasteiger partial charge in [-0.2, -0.15) is 0 Å². The Morgan fingerprint density at radius 3 is 2.62 bits per heavy atom. The van der Waals surface area contributed by atoms with E-state index in [9.17, 15) is 5.11 Å². The quantitative estimate of drug-likeness (QED) is 0.516. The molecule has 0 amide bonds. The SMILES string of the molecule is Cc1cc(Br)cnc1CC(O)c1ccc(CCO[Si](C)(C)C(C)(C)C)s1. The molecular formula is C20H30BrNO2SSi. The fourth-order valence-electron chi connectivity index (χ4n) is 2.40. The van der Waals surface area contributed by atoms with Crippen LogP contribution >= 0.6 is 27.3 Å². The summed E-state index contributed by atoms with van der Waals surface area (Å²) >= 11 is 5.10. The third kappa shape index (κ3) is 5.73. The number of rotatable bonds is 7. The molecule has 0 aromatic carbocycles. The molecule has 1 atom stereocenters. The van der Waals surface area contributed by atoms with Gasteiger partial charge in [0.05, 0.1) is 6.10 Å². The molecule has 3 nitrogen and oxygen atoms in total. The number of hydrogen-bond acceptors (Lipinski definition) is 4. The number of aliphatic hydroxyl groups is 1. The number of aromatic nitrogens is 1. The van der Waals surface area contributed by atoms with E-state index in [0.29, 0.717) is 6.42 Å². The molecule has 0 radical (unpaired) electrons. The van der Waals surface area contributed by atoms with Crippen molar-refractivity contribution in [1.29, 1.82) is 0 Å². The average molecular weight is 457 g/mol. The van der Waals surface area contributed by atoms with Crippen molar-refractivity contribution >= 4 is 35.6 Å². The first-order valence-electron chi connectivity index (χ1n) is 9.01. The maximum atomic E-state index is 10.6. The van der Waals surface area contributed by atoms with Crippen molar-refractivity contribution in [3.05, 3.63) is 49.9 Å². The zero-order valence-electron chi connectivity index (χ0n) is 16.6. The Hall–Kier alpha value is -0.533. The molecule has 6 heteroatoms. The third-order valence-electron chi connectivity index (χ3n) is 5.17. The summed E-state index contributed by atoms with van der Waals surface area (Å²) in [6.45, 7) is 14.1. The summed E-state index contributed by atoms with van der Waals surface area (Å²) in [5.41, 5.74) is 2.04. The van der Waals surface area contributed by atoms with Gasteiger partial charge in [-0.1, -0.05) is 20.8 Å². The lowest BCUT2D eigenvalue weighted by Gasteiger charge is -2.36. The smallest absolute Gasteiger partial charge is 0.191 e. The first-order valence-corrected chi connectivity index (χ1v) is 13.5. The number of nitrogens with zero attached hydrogens (tertiary/aromatic N) is 1. The largest absolute Gasteiger partial charge is 0.416 e. The van der Waals surface area contributed by atoms with Crippen molar-refractivity contribution in [2.75, 3.05) is 6.61 Å². The molecule has 26 heavy (non-hydrogen) atoms. The first kappa shape index (κ1) is 21.8. The molecule has 0 fully saturated rings. The third-order valence-corrected chi connectivity index (χ3v) is 11.4. The van der Waals surface area contributed by atoms with Gasteiger partial charge in [-0.15, -0.1) is 11.3 Å². The van der Waals surface area contributed by atoms with E-state index in [1.807, 2.05) is 19.1 Å². The van der Waals surface area contributed by atoms with E-state index in [1.165, 1.54) is 4.88 Å². The highest BCUT2D eigenvalue weighted by Gasteiger charge is 2.36. The topological polar surface area (TPSA) is 42.4 Å². The van der Waals surface area contributed by atoms with Crippen LogP contribution < -0.4 is 0 Å². The van der Waals surface area contributed by atoms with Crippen LogP contribution in [-0.2, 0) is 17.3 Å². The molecule has 2 aromatic rings. The standard InChI is InChI=1S/C20H30BrNO2SSi/c1-14-11-15(21)13-22-17(14)12-18(23)19-8-7-16(25-19)9-10-24-26(5,6)20(2,3)4/h7-8,11,13,18,23H,9-10,12H2,1-6H3. The molecule has 2 heterocycles.